The van der Waals surface area contributed by atoms with Gasteiger partial charge >= 0.3 is 0 Å². The van der Waals surface area contributed by atoms with E-state index < -0.39 is 0 Å². The molecule has 1 aliphatic carbocycles. The van der Waals surface area contributed by atoms with Crippen LogP contribution < -0.4 is 10.6 Å². The predicted octanol–water partition coefficient (Wildman–Crippen LogP) is 6.19. The molecule has 2 aromatic heterocycles. The summed E-state index contributed by atoms with van der Waals surface area (Å²) >= 11 is 6.94. The van der Waals surface area contributed by atoms with Gasteiger partial charge in [-0.2, -0.15) is 0 Å². The maximum atomic E-state index is 13.6. The van der Waals surface area contributed by atoms with Gasteiger partial charge in [0, 0.05) is 50.4 Å². The number of halogens is 1. The van der Waals surface area contributed by atoms with Gasteiger partial charge in [0.15, 0.2) is 5.78 Å². The average molecular weight is 533 g/mol. The maximum absolute atomic E-state index is 13.6. The van der Waals surface area contributed by atoms with E-state index in [9.17, 15) is 9.59 Å². The summed E-state index contributed by atoms with van der Waals surface area (Å²) in [5, 5.41) is 6.34. The van der Waals surface area contributed by atoms with Crippen LogP contribution in [0.25, 0.3) is 0 Å². The monoisotopic (exact) mass is 531 g/mol. The van der Waals surface area contributed by atoms with Crippen LogP contribution in [0, 0.1) is 0 Å². The number of thiophene rings is 1. The number of Topliss-reactive ketones (excluding diaryl/α,β-unsaturated/α-hetero) is 1. The van der Waals surface area contributed by atoms with Gasteiger partial charge in [-0.15, -0.1) is 23.1 Å². The van der Waals surface area contributed by atoms with Crippen molar-refractivity contribution in [2.24, 2.45) is 0 Å². The van der Waals surface area contributed by atoms with Crippen molar-refractivity contribution in [1.29, 1.82) is 0 Å². The summed E-state index contributed by atoms with van der Waals surface area (Å²) in [6, 6.07) is 5.80. The van der Waals surface area contributed by atoms with Crippen LogP contribution in [-0.2, 0) is 16.0 Å². The Morgan fingerprint density at radius 1 is 1.34 bits per heavy atom. The van der Waals surface area contributed by atoms with Crippen molar-refractivity contribution < 1.29 is 9.59 Å². The molecule has 168 valence electrons. The van der Waals surface area contributed by atoms with Gasteiger partial charge in [0.2, 0.25) is 0 Å². The van der Waals surface area contributed by atoms with Crippen molar-refractivity contribution in [3.05, 3.63) is 61.8 Å². The molecule has 0 saturated carbocycles. The van der Waals surface area contributed by atoms with E-state index in [1.165, 1.54) is 9.09 Å². The predicted molar refractivity (Wildman–Crippen MR) is 135 cm³/mol. The highest BCUT2D eigenvalue weighted by Gasteiger charge is 2.40. The van der Waals surface area contributed by atoms with Crippen LogP contribution >= 0.6 is 39.0 Å². The minimum absolute atomic E-state index is 0.139. The number of aromatic nitrogens is 1. The molecule has 1 atom stereocenters. The van der Waals surface area contributed by atoms with Gasteiger partial charge in [-0.05, 0) is 71.6 Å². The third-order valence-corrected chi connectivity index (χ3v) is 8.65. The van der Waals surface area contributed by atoms with Gasteiger partial charge in [-0.1, -0.05) is 13.8 Å². The highest BCUT2D eigenvalue weighted by Crippen LogP contribution is 2.47. The molecular formula is C24H26BrN3O2S2. The number of rotatable bonds is 6. The Bertz CT molecular complexity index is 1120. The minimum Gasteiger partial charge on any atom is -0.362 e. The zero-order valence-electron chi connectivity index (χ0n) is 18.4. The first-order chi connectivity index (χ1) is 15.4. The summed E-state index contributed by atoms with van der Waals surface area (Å²) < 4.78 is 2.04. The fourth-order valence-electron chi connectivity index (χ4n) is 4.29. The summed E-state index contributed by atoms with van der Waals surface area (Å²) in [5.41, 5.74) is 4.21. The molecule has 0 radical (unpaired) electrons. The number of anilines is 1. The Kier molecular flexibility index (Phi) is 7.22. The van der Waals surface area contributed by atoms with Gasteiger partial charge < -0.3 is 10.6 Å². The number of hydrogen-bond donors (Lipinski definition) is 2. The van der Waals surface area contributed by atoms with E-state index in [1.54, 1.807) is 35.4 Å². The number of aryl methyl sites for hydroxylation is 1. The number of ketones is 1. The summed E-state index contributed by atoms with van der Waals surface area (Å²) in [5.74, 6) is 0.973. The van der Waals surface area contributed by atoms with Gasteiger partial charge in [0.1, 0.15) is 5.82 Å². The summed E-state index contributed by atoms with van der Waals surface area (Å²) in [6.07, 6.45) is 4.79. The van der Waals surface area contributed by atoms with Crippen LogP contribution in [0.15, 0.2) is 55.6 Å². The highest BCUT2D eigenvalue weighted by molar-refractivity contribution is 9.10. The van der Waals surface area contributed by atoms with Crippen LogP contribution in [0.5, 0.6) is 0 Å². The number of allylic oxidation sites excluding steroid dienone is 3. The molecule has 32 heavy (non-hydrogen) atoms. The fraction of sp³-hybridized carbons (Fsp3) is 0.375. The SMILES string of the molecule is CCSc1sc(CC)cc1[C@@H]1C(C(=O)Nc2ccc(Br)cn2)=C(C)NC2=C1C(=O)CCC2. The lowest BCUT2D eigenvalue weighted by Gasteiger charge is -2.34. The molecule has 3 heterocycles. The summed E-state index contributed by atoms with van der Waals surface area (Å²) in [7, 11) is 0. The maximum Gasteiger partial charge on any atom is 0.255 e. The van der Waals surface area contributed by atoms with Crippen molar-refractivity contribution in [1.82, 2.24) is 10.3 Å². The molecule has 2 N–H and O–H groups in total. The van der Waals surface area contributed by atoms with Crippen molar-refractivity contribution in [3.63, 3.8) is 0 Å². The first-order valence-corrected chi connectivity index (χ1v) is 13.4. The van der Waals surface area contributed by atoms with E-state index >= 15 is 0 Å². The standard InChI is InChI=1S/C24H26BrN3O2S2/c1-4-15-11-16(24(32-15)31-5-2)21-20(23(30)28-19-10-9-14(25)12-26-19)13(3)27-17-7-6-8-18(29)22(17)21/h9-12,21,27H,4-8H2,1-3H3,(H,26,28,30)/t21-/m1/s1. The second-order valence-electron chi connectivity index (χ2n) is 7.82. The third kappa shape index (κ3) is 4.58. The van der Waals surface area contributed by atoms with Gasteiger partial charge in [-0.25, -0.2) is 4.98 Å². The zero-order chi connectivity index (χ0) is 22.8. The van der Waals surface area contributed by atoms with Crippen LogP contribution in [0.3, 0.4) is 0 Å². The number of nitrogens with zero attached hydrogens (tertiary/aromatic N) is 1. The first kappa shape index (κ1) is 23.3. The summed E-state index contributed by atoms with van der Waals surface area (Å²) in [4.78, 5) is 32.3. The van der Waals surface area contributed by atoms with Gasteiger partial charge in [0.25, 0.3) is 5.91 Å². The quantitative estimate of drug-likeness (QED) is 0.435. The van der Waals surface area contributed by atoms with Crippen molar-refractivity contribution in [2.45, 2.75) is 56.6 Å². The number of nitrogens with one attached hydrogen (secondary N) is 2. The number of hydrogen-bond acceptors (Lipinski definition) is 6. The Morgan fingerprint density at radius 2 is 2.16 bits per heavy atom. The number of dihydropyridines is 1. The molecular weight excluding hydrogens is 506 g/mol. The molecule has 1 amide bonds. The van der Waals surface area contributed by atoms with E-state index in [4.69, 9.17) is 0 Å². The average Bonchev–Trinajstić information content (AvgIpc) is 3.17. The second-order valence-corrected chi connectivity index (χ2v) is 11.4. The largest absolute Gasteiger partial charge is 0.362 e. The molecule has 0 unspecified atom stereocenters. The van der Waals surface area contributed by atoms with E-state index in [2.05, 4.69) is 51.5 Å². The minimum atomic E-state index is -0.361. The van der Waals surface area contributed by atoms with E-state index in [-0.39, 0.29) is 17.6 Å². The molecule has 0 bridgehead atoms. The molecule has 0 spiro atoms. The Labute approximate surface area is 205 Å². The van der Waals surface area contributed by atoms with Crippen molar-refractivity contribution >= 4 is 56.5 Å². The lowest BCUT2D eigenvalue weighted by Crippen LogP contribution is -2.35. The summed E-state index contributed by atoms with van der Waals surface area (Å²) in [6.45, 7) is 6.20. The van der Waals surface area contributed by atoms with Crippen LogP contribution in [0.2, 0.25) is 0 Å². The zero-order valence-corrected chi connectivity index (χ0v) is 21.6. The lowest BCUT2D eigenvalue weighted by molar-refractivity contribution is -0.116. The molecule has 0 aromatic carbocycles. The van der Waals surface area contributed by atoms with Crippen LogP contribution in [-0.4, -0.2) is 22.4 Å². The molecule has 8 heteroatoms. The van der Waals surface area contributed by atoms with Gasteiger partial charge in [-0.3, -0.25) is 9.59 Å². The normalized spacial score (nSPS) is 18.5. The molecule has 2 aromatic rings. The van der Waals surface area contributed by atoms with E-state index in [1.807, 2.05) is 13.0 Å². The highest BCUT2D eigenvalue weighted by atomic mass is 79.9. The number of carbonyl (C=O) groups excluding carboxylic acids is 2. The molecule has 0 fully saturated rings. The third-order valence-electron chi connectivity index (χ3n) is 5.70. The fourth-order valence-corrected chi connectivity index (χ4v) is 6.90. The second kappa shape index (κ2) is 9.93. The smallest absolute Gasteiger partial charge is 0.255 e. The molecule has 2 aliphatic rings. The van der Waals surface area contributed by atoms with E-state index in [0.717, 1.165) is 52.0 Å². The number of amides is 1. The molecule has 5 nitrogen and oxygen atoms in total. The number of carbonyl (C=O) groups is 2. The molecule has 1 aliphatic heterocycles. The number of pyridine rings is 1. The van der Waals surface area contributed by atoms with Crippen LogP contribution in [0.1, 0.15) is 56.4 Å². The first-order valence-electron chi connectivity index (χ1n) is 10.8. The molecule has 0 saturated heterocycles. The Hall–Kier alpha value is -1.90. The van der Waals surface area contributed by atoms with E-state index in [0.29, 0.717) is 17.8 Å². The lowest BCUT2D eigenvalue weighted by atomic mass is 9.75. The topological polar surface area (TPSA) is 71.1 Å². The van der Waals surface area contributed by atoms with Gasteiger partial charge in [0.05, 0.1) is 4.21 Å². The Morgan fingerprint density at radius 3 is 2.84 bits per heavy atom. The van der Waals surface area contributed by atoms with Crippen molar-refractivity contribution in [3.8, 4) is 0 Å². The van der Waals surface area contributed by atoms with Crippen LogP contribution in [0.4, 0.5) is 5.82 Å². The molecule has 4 rings (SSSR count). The van der Waals surface area contributed by atoms with Crippen molar-refractivity contribution in [2.75, 3.05) is 11.1 Å². The number of thioether (sulfide) groups is 1. The Balaban J connectivity index is 1.82.